The van der Waals surface area contributed by atoms with Crippen molar-refractivity contribution in [3.05, 3.63) is 70.3 Å². The highest BCUT2D eigenvalue weighted by atomic mass is 32.2. The van der Waals surface area contributed by atoms with Gasteiger partial charge in [0.2, 0.25) is 0 Å². The second-order valence-electron chi connectivity index (χ2n) is 6.10. The van der Waals surface area contributed by atoms with E-state index in [1.165, 1.54) is 12.1 Å². The Balaban J connectivity index is 1.91. The molecule has 8 heteroatoms. The first kappa shape index (κ1) is 17.4. The molecule has 132 valence electrons. The van der Waals surface area contributed by atoms with Crippen LogP contribution < -0.4 is 4.90 Å². The Morgan fingerprint density at radius 2 is 1.72 bits per heavy atom. The van der Waals surface area contributed by atoms with Gasteiger partial charge >= 0.3 is 0 Å². The number of nitro groups is 1. The number of rotatable bonds is 5. The van der Waals surface area contributed by atoms with Crippen molar-refractivity contribution in [2.75, 3.05) is 16.4 Å². The predicted octanol–water partition coefficient (Wildman–Crippen LogP) is 1.76. The zero-order valence-electron chi connectivity index (χ0n) is 13.4. The average molecular weight is 362 g/mol. The van der Waals surface area contributed by atoms with Gasteiger partial charge in [-0.3, -0.25) is 10.1 Å². The summed E-state index contributed by atoms with van der Waals surface area (Å²) in [5, 5.41) is 21.0. The highest BCUT2D eigenvalue weighted by Crippen LogP contribution is 2.27. The van der Waals surface area contributed by atoms with Crippen molar-refractivity contribution in [2.24, 2.45) is 0 Å². The number of hydrogen-bond donors (Lipinski definition) is 1. The molecule has 1 saturated heterocycles. The number of benzene rings is 2. The first-order valence-corrected chi connectivity index (χ1v) is 9.61. The fourth-order valence-corrected chi connectivity index (χ4v) is 4.85. The summed E-state index contributed by atoms with van der Waals surface area (Å²) in [6, 6.07) is 14.8. The maximum absolute atomic E-state index is 11.9. The van der Waals surface area contributed by atoms with Crippen molar-refractivity contribution in [3.8, 4) is 0 Å². The molecule has 0 unspecified atom stereocenters. The number of hydrogen-bond acceptors (Lipinski definition) is 6. The van der Waals surface area contributed by atoms with Crippen LogP contribution >= 0.6 is 0 Å². The summed E-state index contributed by atoms with van der Waals surface area (Å²) in [7, 11) is -3.29. The van der Waals surface area contributed by atoms with Crippen LogP contribution in [0.2, 0.25) is 0 Å². The Morgan fingerprint density at radius 1 is 1.08 bits per heavy atom. The van der Waals surface area contributed by atoms with Crippen LogP contribution in [0.15, 0.2) is 54.6 Å². The second-order valence-corrected chi connectivity index (χ2v) is 8.25. The van der Waals surface area contributed by atoms with Gasteiger partial charge in [0.1, 0.15) is 0 Å². The Hall–Kier alpha value is -2.45. The maximum atomic E-state index is 11.9. The van der Waals surface area contributed by atoms with Crippen LogP contribution in [-0.4, -0.2) is 42.1 Å². The molecule has 1 fully saturated rings. The quantitative estimate of drug-likeness (QED) is 0.642. The van der Waals surface area contributed by atoms with Gasteiger partial charge in [-0.15, -0.1) is 0 Å². The molecule has 1 aliphatic rings. The molecule has 7 nitrogen and oxygen atoms in total. The maximum Gasteiger partial charge on any atom is 0.269 e. The van der Waals surface area contributed by atoms with Crippen molar-refractivity contribution in [1.82, 2.24) is 0 Å². The van der Waals surface area contributed by atoms with Gasteiger partial charge in [0.25, 0.3) is 5.69 Å². The summed E-state index contributed by atoms with van der Waals surface area (Å²) >= 11 is 0. The number of aliphatic hydroxyl groups excluding tert-OH is 1. The molecule has 2 atom stereocenters. The van der Waals surface area contributed by atoms with E-state index < -0.39 is 26.9 Å². The summed E-state index contributed by atoms with van der Waals surface area (Å²) < 4.78 is 23.8. The van der Waals surface area contributed by atoms with E-state index in [2.05, 4.69) is 0 Å². The monoisotopic (exact) mass is 362 g/mol. The number of non-ortho nitro benzene ring substituents is 1. The zero-order chi connectivity index (χ0) is 18.0. The fourth-order valence-electron chi connectivity index (χ4n) is 3.05. The van der Waals surface area contributed by atoms with Gasteiger partial charge in [0.15, 0.2) is 9.84 Å². The molecule has 3 rings (SSSR count). The van der Waals surface area contributed by atoms with Crippen molar-refractivity contribution in [3.63, 3.8) is 0 Å². The van der Waals surface area contributed by atoms with Crippen molar-refractivity contribution in [2.45, 2.75) is 18.7 Å². The molecule has 0 spiro atoms. The molecule has 0 aromatic heterocycles. The van der Waals surface area contributed by atoms with Gasteiger partial charge in [-0.25, -0.2) is 8.42 Å². The van der Waals surface area contributed by atoms with E-state index in [1.54, 1.807) is 12.1 Å². The van der Waals surface area contributed by atoms with Gasteiger partial charge in [-0.1, -0.05) is 30.3 Å². The van der Waals surface area contributed by atoms with Crippen LogP contribution in [0.4, 0.5) is 11.4 Å². The third kappa shape index (κ3) is 3.97. The minimum absolute atomic E-state index is 0.00140. The van der Waals surface area contributed by atoms with Gasteiger partial charge in [-0.05, 0) is 17.7 Å². The lowest BCUT2D eigenvalue weighted by atomic mass is 10.1. The molecule has 0 radical (unpaired) electrons. The van der Waals surface area contributed by atoms with Crippen LogP contribution in [-0.2, 0) is 16.4 Å². The van der Waals surface area contributed by atoms with Gasteiger partial charge in [0.05, 0.1) is 28.6 Å². The van der Waals surface area contributed by atoms with Crippen molar-refractivity contribution < 1.29 is 18.4 Å². The van der Waals surface area contributed by atoms with Gasteiger partial charge in [-0.2, -0.15) is 0 Å². The molecular formula is C17H18N2O5S. The standard InChI is InChI=1S/C17H18N2O5S/c20-17-12-25(23,24)11-16(17)18(14-4-2-1-3-5-14)10-13-6-8-15(9-7-13)19(21)22/h1-9,16-17,20H,10-12H2/t16-,17+/m1/s1. The third-order valence-electron chi connectivity index (χ3n) is 4.28. The van der Waals surface area contributed by atoms with Crippen LogP contribution in [0.1, 0.15) is 5.56 Å². The predicted molar refractivity (Wildman–Crippen MR) is 94.2 cm³/mol. The highest BCUT2D eigenvalue weighted by molar-refractivity contribution is 7.91. The number of sulfone groups is 1. The first-order chi connectivity index (χ1) is 11.9. The number of anilines is 1. The molecule has 1 aliphatic heterocycles. The molecule has 0 bridgehead atoms. The van der Waals surface area contributed by atoms with E-state index in [0.717, 1.165) is 11.3 Å². The molecular weight excluding hydrogens is 344 g/mol. The lowest BCUT2D eigenvalue weighted by Crippen LogP contribution is -2.42. The fraction of sp³-hybridized carbons (Fsp3) is 0.294. The van der Waals surface area contributed by atoms with Crippen LogP contribution in [0, 0.1) is 10.1 Å². The lowest BCUT2D eigenvalue weighted by Gasteiger charge is -2.32. The molecule has 2 aromatic carbocycles. The van der Waals surface area contributed by atoms with Crippen LogP contribution in [0.5, 0.6) is 0 Å². The van der Waals surface area contributed by atoms with E-state index in [4.69, 9.17) is 0 Å². The number of nitrogens with zero attached hydrogens (tertiary/aromatic N) is 2. The summed E-state index contributed by atoms with van der Waals surface area (Å²) in [6.45, 7) is 0.346. The third-order valence-corrected chi connectivity index (χ3v) is 5.98. The minimum atomic E-state index is -3.29. The average Bonchev–Trinajstić information content (AvgIpc) is 2.86. The number of para-hydroxylation sites is 1. The van der Waals surface area contributed by atoms with Crippen molar-refractivity contribution >= 4 is 21.2 Å². The van der Waals surface area contributed by atoms with Gasteiger partial charge < -0.3 is 10.0 Å². The number of nitro benzene ring substituents is 1. The Bertz CT molecular complexity index is 852. The smallest absolute Gasteiger partial charge is 0.269 e. The van der Waals surface area contributed by atoms with E-state index in [-0.39, 0.29) is 17.2 Å². The van der Waals surface area contributed by atoms with Gasteiger partial charge in [0, 0.05) is 24.4 Å². The molecule has 1 N–H and O–H groups in total. The summed E-state index contributed by atoms with van der Waals surface area (Å²) in [4.78, 5) is 12.2. The number of aliphatic hydroxyl groups is 1. The van der Waals surface area contributed by atoms with Crippen LogP contribution in [0.25, 0.3) is 0 Å². The molecule has 2 aromatic rings. The molecule has 1 heterocycles. The lowest BCUT2D eigenvalue weighted by molar-refractivity contribution is -0.384. The largest absolute Gasteiger partial charge is 0.390 e. The minimum Gasteiger partial charge on any atom is -0.390 e. The zero-order valence-corrected chi connectivity index (χ0v) is 14.2. The summed E-state index contributed by atoms with van der Waals surface area (Å²) in [6.07, 6.45) is -0.969. The Kier molecular flexibility index (Phi) is 4.73. The first-order valence-electron chi connectivity index (χ1n) is 7.79. The van der Waals surface area contributed by atoms with Crippen molar-refractivity contribution in [1.29, 1.82) is 0 Å². The molecule has 0 saturated carbocycles. The van der Waals surface area contributed by atoms with E-state index in [0.29, 0.717) is 6.54 Å². The van der Waals surface area contributed by atoms with E-state index in [9.17, 15) is 23.6 Å². The Morgan fingerprint density at radius 3 is 2.24 bits per heavy atom. The SMILES string of the molecule is O=[N+]([O-])c1ccc(CN(c2ccccc2)[C@@H]2CS(=O)(=O)C[C@@H]2O)cc1. The summed E-state index contributed by atoms with van der Waals surface area (Å²) in [5.41, 5.74) is 1.59. The summed E-state index contributed by atoms with van der Waals surface area (Å²) in [5.74, 6) is -0.364. The van der Waals surface area contributed by atoms with Crippen LogP contribution in [0.3, 0.4) is 0 Å². The Labute approximate surface area is 145 Å². The second kappa shape index (κ2) is 6.81. The van der Waals surface area contributed by atoms with E-state index >= 15 is 0 Å². The normalized spacial score (nSPS) is 21.8. The molecule has 25 heavy (non-hydrogen) atoms. The van der Waals surface area contributed by atoms with E-state index in [1.807, 2.05) is 35.2 Å². The molecule has 0 aliphatic carbocycles. The topological polar surface area (TPSA) is 101 Å². The molecule has 0 amide bonds. The highest BCUT2D eigenvalue weighted by Gasteiger charge is 2.40.